The van der Waals surface area contributed by atoms with Crippen LogP contribution in [0.4, 0.5) is 5.82 Å². The number of anilines is 1. The first-order valence-electron chi connectivity index (χ1n) is 10.0. The molecule has 1 aromatic heterocycles. The lowest BCUT2D eigenvalue weighted by Gasteiger charge is -2.41. The molecule has 0 radical (unpaired) electrons. The van der Waals surface area contributed by atoms with Gasteiger partial charge in [0.25, 0.3) is 0 Å². The number of aromatic nitrogens is 1. The second-order valence-corrected chi connectivity index (χ2v) is 7.44. The van der Waals surface area contributed by atoms with Crippen molar-refractivity contribution in [2.45, 2.75) is 44.8 Å². The molecule has 0 bridgehead atoms. The molecule has 2 aliphatic heterocycles. The normalized spacial score (nSPS) is 21.3. The van der Waals surface area contributed by atoms with Crippen LogP contribution in [0.3, 0.4) is 0 Å². The van der Waals surface area contributed by atoms with E-state index >= 15 is 0 Å². The topological polar surface area (TPSA) is 28.6 Å². The van der Waals surface area contributed by atoms with Crippen LogP contribution in [-0.4, -0.2) is 42.2 Å². The molecule has 4 rings (SSSR count). The summed E-state index contributed by atoms with van der Waals surface area (Å²) in [6, 6.07) is 15.3. The van der Waals surface area contributed by atoms with Gasteiger partial charge in [-0.05, 0) is 50.0 Å². The van der Waals surface area contributed by atoms with Gasteiger partial charge in [0.1, 0.15) is 6.10 Å². The molecule has 3 heterocycles. The number of hydrogen-bond acceptors (Lipinski definition) is 4. The van der Waals surface area contributed by atoms with Crippen molar-refractivity contribution in [1.29, 1.82) is 0 Å². The van der Waals surface area contributed by atoms with Crippen molar-refractivity contribution in [1.82, 2.24) is 9.88 Å². The predicted octanol–water partition coefficient (Wildman–Crippen LogP) is 4.29. The molecule has 0 N–H and O–H groups in total. The molecule has 4 heteroatoms. The largest absolute Gasteiger partial charge is 0.485 e. The monoisotopic (exact) mass is 351 g/mol. The van der Waals surface area contributed by atoms with Crippen molar-refractivity contribution >= 4 is 5.82 Å². The highest BCUT2D eigenvalue weighted by molar-refractivity contribution is 5.56. The number of likely N-dealkylation sites (tertiary alicyclic amines) is 1. The van der Waals surface area contributed by atoms with Crippen LogP contribution in [-0.2, 0) is 0 Å². The molecular weight excluding hydrogens is 322 g/mol. The maximum atomic E-state index is 6.24. The van der Waals surface area contributed by atoms with Gasteiger partial charge in [-0.3, -0.25) is 0 Å². The minimum atomic E-state index is 0.237. The van der Waals surface area contributed by atoms with E-state index in [1.165, 1.54) is 31.5 Å². The molecule has 0 amide bonds. The first kappa shape index (κ1) is 17.3. The zero-order chi connectivity index (χ0) is 17.8. The van der Waals surface area contributed by atoms with Crippen molar-refractivity contribution in [2.24, 2.45) is 0 Å². The third-order valence-electron chi connectivity index (χ3n) is 5.52. The predicted molar refractivity (Wildman–Crippen MR) is 106 cm³/mol. The smallest absolute Gasteiger partial charge is 0.172 e. The van der Waals surface area contributed by atoms with Crippen molar-refractivity contribution in [3.63, 3.8) is 0 Å². The molecule has 0 saturated carbocycles. The zero-order valence-electron chi connectivity index (χ0n) is 15.7. The summed E-state index contributed by atoms with van der Waals surface area (Å²) in [4.78, 5) is 9.79. The summed E-state index contributed by atoms with van der Waals surface area (Å²) in [5.74, 6) is 1.92. The van der Waals surface area contributed by atoms with Crippen LogP contribution in [0.2, 0.25) is 0 Å². The number of hydrogen-bond donors (Lipinski definition) is 0. The quantitative estimate of drug-likeness (QED) is 0.776. The molecule has 1 aromatic carbocycles. The van der Waals surface area contributed by atoms with Gasteiger partial charge in [0, 0.05) is 12.7 Å². The Morgan fingerprint density at radius 2 is 1.92 bits per heavy atom. The minimum absolute atomic E-state index is 0.237. The molecule has 0 aliphatic carbocycles. The standard InChI is InChI=1S/C22H29N3O/c1-2-9-19-16-25(22-21(26-19)12-8-13-23-22)20(17-24-14-6-7-15-24)18-10-4-3-5-11-18/h3-5,8,10-13,19-20H,2,6-7,9,14-17H2,1H3. The Labute approximate surface area is 156 Å². The van der Waals surface area contributed by atoms with Gasteiger partial charge in [-0.25, -0.2) is 4.98 Å². The molecular formula is C22H29N3O. The summed E-state index contributed by atoms with van der Waals surface area (Å²) >= 11 is 0. The highest BCUT2D eigenvalue weighted by atomic mass is 16.5. The van der Waals surface area contributed by atoms with Gasteiger partial charge < -0.3 is 14.5 Å². The summed E-state index contributed by atoms with van der Waals surface area (Å²) in [6.07, 6.45) is 6.97. The lowest BCUT2D eigenvalue weighted by Crippen LogP contribution is -2.46. The molecule has 4 nitrogen and oxygen atoms in total. The summed E-state index contributed by atoms with van der Waals surface area (Å²) in [5.41, 5.74) is 1.37. The number of rotatable bonds is 6. The fourth-order valence-electron chi connectivity index (χ4n) is 4.23. The van der Waals surface area contributed by atoms with E-state index in [1.54, 1.807) is 0 Å². The molecule has 2 aromatic rings. The zero-order valence-corrected chi connectivity index (χ0v) is 15.7. The molecule has 2 atom stereocenters. The summed E-state index contributed by atoms with van der Waals surface area (Å²) in [6.45, 7) is 6.61. The number of nitrogens with zero attached hydrogens (tertiary/aromatic N) is 3. The van der Waals surface area contributed by atoms with E-state index in [1.807, 2.05) is 12.3 Å². The van der Waals surface area contributed by atoms with Gasteiger partial charge in [0.05, 0.1) is 12.6 Å². The Morgan fingerprint density at radius 3 is 2.69 bits per heavy atom. The third kappa shape index (κ3) is 3.70. The lowest BCUT2D eigenvalue weighted by atomic mass is 10.0. The summed E-state index contributed by atoms with van der Waals surface area (Å²) in [7, 11) is 0. The fourth-order valence-corrected chi connectivity index (χ4v) is 4.23. The van der Waals surface area contributed by atoms with Crippen LogP contribution in [0.15, 0.2) is 48.7 Å². The van der Waals surface area contributed by atoms with Gasteiger partial charge in [-0.1, -0.05) is 43.7 Å². The Balaban J connectivity index is 1.68. The van der Waals surface area contributed by atoms with Gasteiger partial charge in [-0.15, -0.1) is 0 Å². The van der Waals surface area contributed by atoms with Crippen LogP contribution < -0.4 is 9.64 Å². The number of benzene rings is 1. The Hall–Kier alpha value is -2.07. The van der Waals surface area contributed by atoms with Gasteiger partial charge >= 0.3 is 0 Å². The average molecular weight is 351 g/mol. The van der Waals surface area contributed by atoms with E-state index in [9.17, 15) is 0 Å². The first-order valence-corrected chi connectivity index (χ1v) is 10.0. The van der Waals surface area contributed by atoms with E-state index in [0.717, 1.165) is 37.5 Å². The molecule has 138 valence electrons. The van der Waals surface area contributed by atoms with Crippen LogP contribution in [0.5, 0.6) is 5.75 Å². The Kier molecular flexibility index (Phi) is 5.40. The molecule has 0 spiro atoms. The molecule has 2 unspecified atom stereocenters. The van der Waals surface area contributed by atoms with Crippen LogP contribution in [0.25, 0.3) is 0 Å². The minimum Gasteiger partial charge on any atom is -0.485 e. The van der Waals surface area contributed by atoms with Crippen LogP contribution in [0.1, 0.15) is 44.2 Å². The van der Waals surface area contributed by atoms with E-state index < -0.39 is 0 Å². The van der Waals surface area contributed by atoms with Crippen molar-refractivity contribution in [3.05, 3.63) is 54.2 Å². The molecule has 1 saturated heterocycles. The fraction of sp³-hybridized carbons (Fsp3) is 0.500. The van der Waals surface area contributed by atoms with Gasteiger partial charge in [-0.2, -0.15) is 0 Å². The van der Waals surface area contributed by atoms with Crippen molar-refractivity contribution in [2.75, 3.05) is 31.1 Å². The second-order valence-electron chi connectivity index (χ2n) is 7.44. The number of fused-ring (bicyclic) bond motifs is 1. The molecule has 1 fully saturated rings. The van der Waals surface area contributed by atoms with Crippen molar-refractivity contribution < 1.29 is 4.74 Å². The maximum absolute atomic E-state index is 6.24. The summed E-state index contributed by atoms with van der Waals surface area (Å²) < 4.78 is 6.24. The second kappa shape index (κ2) is 8.09. The van der Waals surface area contributed by atoms with Crippen LogP contribution >= 0.6 is 0 Å². The highest BCUT2D eigenvalue weighted by Crippen LogP contribution is 2.38. The van der Waals surface area contributed by atoms with Crippen LogP contribution in [0, 0.1) is 0 Å². The maximum Gasteiger partial charge on any atom is 0.172 e. The van der Waals surface area contributed by atoms with Gasteiger partial charge in [0.2, 0.25) is 0 Å². The van der Waals surface area contributed by atoms with E-state index in [-0.39, 0.29) is 6.10 Å². The van der Waals surface area contributed by atoms with Gasteiger partial charge in [0.15, 0.2) is 11.6 Å². The van der Waals surface area contributed by atoms with E-state index in [2.05, 4.69) is 53.1 Å². The first-order chi connectivity index (χ1) is 12.8. The summed E-state index contributed by atoms with van der Waals surface area (Å²) in [5, 5.41) is 0. The highest BCUT2D eigenvalue weighted by Gasteiger charge is 2.33. The molecule has 2 aliphatic rings. The third-order valence-corrected chi connectivity index (χ3v) is 5.52. The van der Waals surface area contributed by atoms with Crippen molar-refractivity contribution in [3.8, 4) is 5.75 Å². The Morgan fingerprint density at radius 1 is 1.12 bits per heavy atom. The molecule has 26 heavy (non-hydrogen) atoms. The average Bonchev–Trinajstić information content (AvgIpc) is 3.20. The van der Waals surface area contributed by atoms with E-state index in [4.69, 9.17) is 9.72 Å². The SMILES string of the molecule is CCCC1CN(C(CN2CCCC2)c2ccccc2)c2ncccc2O1. The Bertz CT molecular complexity index is 700. The number of ether oxygens (including phenoxy) is 1. The number of pyridine rings is 1. The lowest BCUT2D eigenvalue weighted by molar-refractivity contribution is 0.172. The van der Waals surface area contributed by atoms with E-state index in [0.29, 0.717) is 6.04 Å².